The Hall–Kier alpha value is -1.07. The minimum absolute atomic E-state index is 0.121. The van der Waals surface area contributed by atoms with Gasteiger partial charge in [-0.05, 0) is 49.0 Å². The van der Waals surface area contributed by atoms with E-state index < -0.39 is 7.14 Å². The summed E-state index contributed by atoms with van der Waals surface area (Å²) < 4.78 is 15.6. The summed E-state index contributed by atoms with van der Waals surface area (Å²) in [5.74, 6) is 0.911. The molecule has 154 valence electrons. The zero-order chi connectivity index (χ0) is 20.6. The molecule has 1 saturated carbocycles. The van der Waals surface area contributed by atoms with E-state index in [0.29, 0.717) is 11.8 Å². The molecule has 0 spiro atoms. The number of allylic oxidation sites excluding steroid dienone is 4. The lowest BCUT2D eigenvalue weighted by Crippen LogP contribution is -2.47. The van der Waals surface area contributed by atoms with Crippen LogP contribution in [0, 0.1) is 11.3 Å². The van der Waals surface area contributed by atoms with E-state index in [4.69, 9.17) is 0 Å². The van der Waals surface area contributed by atoms with Crippen molar-refractivity contribution in [3.8, 4) is 0 Å². The first-order valence-corrected chi connectivity index (χ1v) is 13.0. The Morgan fingerprint density at radius 1 is 1.04 bits per heavy atom. The molecule has 0 radical (unpaired) electrons. The van der Waals surface area contributed by atoms with Crippen LogP contribution in [-0.2, 0) is 4.57 Å². The Morgan fingerprint density at radius 2 is 1.75 bits per heavy atom. The maximum absolute atomic E-state index is 15.6. The van der Waals surface area contributed by atoms with Gasteiger partial charge in [-0.1, -0.05) is 96.0 Å². The Bertz CT molecular complexity index is 802. The molecule has 2 aliphatic rings. The van der Waals surface area contributed by atoms with Gasteiger partial charge in [0.2, 0.25) is 0 Å². The average Bonchev–Trinajstić information content (AvgIpc) is 2.68. The van der Waals surface area contributed by atoms with Crippen molar-refractivity contribution in [2.45, 2.75) is 90.4 Å². The minimum atomic E-state index is -2.74. The Morgan fingerprint density at radius 3 is 2.36 bits per heavy atom. The molecule has 4 atom stereocenters. The highest BCUT2D eigenvalue weighted by atomic mass is 31.2. The number of rotatable bonds is 5. The van der Waals surface area contributed by atoms with Gasteiger partial charge in [-0.25, -0.2) is 0 Å². The molecule has 0 aromatic heterocycles. The summed E-state index contributed by atoms with van der Waals surface area (Å²) in [6.07, 6.45) is 14.4. The van der Waals surface area contributed by atoms with E-state index in [1.54, 1.807) is 0 Å². The molecule has 0 amide bonds. The molecule has 1 aromatic carbocycles. The summed E-state index contributed by atoms with van der Waals surface area (Å²) in [4.78, 5) is 0. The average molecular weight is 399 g/mol. The highest BCUT2D eigenvalue weighted by molar-refractivity contribution is 7.74. The van der Waals surface area contributed by atoms with Crippen molar-refractivity contribution in [2.75, 3.05) is 0 Å². The van der Waals surface area contributed by atoms with Gasteiger partial charge >= 0.3 is 0 Å². The molecule has 1 aromatic rings. The van der Waals surface area contributed by atoms with Gasteiger partial charge in [-0.15, -0.1) is 0 Å². The van der Waals surface area contributed by atoms with E-state index in [0.717, 1.165) is 18.1 Å². The minimum Gasteiger partial charge on any atom is -0.317 e. The summed E-state index contributed by atoms with van der Waals surface area (Å²) >= 11 is 0. The van der Waals surface area contributed by atoms with Crippen molar-refractivity contribution in [1.29, 1.82) is 0 Å². The second-order valence-corrected chi connectivity index (χ2v) is 13.6. The zero-order valence-electron chi connectivity index (χ0n) is 18.7. The predicted molar refractivity (Wildman–Crippen MR) is 124 cm³/mol. The van der Waals surface area contributed by atoms with Gasteiger partial charge in [-0.3, -0.25) is 0 Å². The second kappa shape index (κ2) is 7.98. The molecule has 1 fully saturated rings. The summed E-state index contributed by atoms with van der Waals surface area (Å²) in [6, 6.07) is 8.64. The first-order valence-electron chi connectivity index (χ1n) is 11.2. The van der Waals surface area contributed by atoms with Crippen molar-refractivity contribution >= 4 is 12.4 Å². The lowest BCUT2D eigenvalue weighted by atomic mass is 9.68. The van der Waals surface area contributed by atoms with Gasteiger partial charge in [0.1, 0.15) is 7.14 Å². The molecule has 0 heterocycles. The van der Waals surface area contributed by atoms with Crippen LogP contribution in [0.2, 0.25) is 0 Å². The number of hydrogen-bond acceptors (Lipinski definition) is 1. The quantitative estimate of drug-likeness (QED) is 0.465. The van der Waals surface area contributed by atoms with Gasteiger partial charge in [0, 0.05) is 16.1 Å². The maximum atomic E-state index is 15.6. The van der Waals surface area contributed by atoms with Crippen molar-refractivity contribution < 1.29 is 4.57 Å². The Kier molecular flexibility index (Phi) is 6.17. The summed E-state index contributed by atoms with van der Waals surface area (Å²) in [6.45, 7) is 13.9. The fourth-order valence-electron chi connectivity index (χ4n) is 5.65. The van der Waals surface area contributed by atoms with Crippen LogP contribution in [0.15, 0.2) is 48.6 Å². The highest BCUT2D eigenvalue weighted by Gasteiger charge is 2.56. The van der Waals surface area contributed by atoms with Crippen LogP contribution < -0.4 is 5.30 Å². The van der Waals surface area contributed by atoms with E-state index in [1.807, 2.05) is 0 Å². The standard InChI is InChI=1S/C26H39OP/c1-20(2)22-14-8-9-15-23(22)28(27,25(5)17-11-7-12-18-25)24-16-10-13-19-26(24,6)21(3)4/h7-9,11-12,14-15,17,20-21,24H,10,13,16,18-19H2,1-6H3. The molecule has 2 heteroatoms. The topological polar surface area (TPSA) is 17.1 Å². The molecular formula is C26H39OP. The molecule has 0 saturated heterocycles. The molecule has 0 N–H and O–H groups in total. The van der Waals surface area contributed by atoms with Crippen LogP contribution >= 0.6 is 7.14 Å². The third-order valence-corrected chi connectivity index (χ3v) is 12.6. The Labute approximate surface area is 173 Å². The molecular weight excluding hydrogens is 359 g/mol. The molecule has 28 heavy (non-hydrogen) atoms. The fourth-order valence-corrected chi connectivity index (χ4v) is 10.8. The van der Waals surface area contributed by atoms with Crippen molar-refractivity contribution in [3.63, 3.8) is 0 Å². The van der Waals surface area contributed by atoms with Gasteiger partial charge < -0.3 is 4.57 Å². The monoisotopic (exact) mass is 398 g/mol. The lowest BCUT2D eigenvalue weighted by molar-refractivity contribution is 0.145. The maximum Gasteiger partial charge on any atom is 0.128 e. The van der Waals surface area contributed by atoms with Crippen molar-refractivity contribution in [1.82, 2.24) is 0 Å². The van der Waals surface area contributed by atoms with Crippen LogP contribution in [0.25, 0.3) is 0 Å². The SMILES string of the molecule is CC(C)c1ccccc1P(=O)(C1CCCCC1(C)C(C)C)C1(C)C=CC=CC1. The first-order chi connectivity index (χ1) is 13.2. The third kappa shape index (κ3) is 3.39. The molecule has 4 unspecified atom stereocenters. The van der Waals surface area contributed by atoms with E-state index >= 15 is 4.57 Å². The van der Waals surface area contributed by atoms with E-state index in [9.17, 15) is 0 Å². The van der Waals surface area contributed by atoms with E-state index in [2.05, 4.69) is 90.1 Å². The lowest BCUT2D eigenvalue weighted by Gasteiger charge is -2.53. The van der Waals surface area contributed by atoms with Crippen LogP contribution in [0.3, 0.4) is 0 Å². The van der Waals surface area contributed by atoms with Gasteiger partial charge in [-0.2, -0.15) is 0 Å². The van der Waals surface area contributed by atoms with Crippen LogP contribution in [-0.4, -0.2) is 10.8 Å². The molecule has 3 rings (SSSR count). The molecule has 1 nitrogen and oxygen atoms in total. The summed E-state index contributed by atoms with van der Waals surface area (Å²) in [7, 11) is -2.74. The zero-order valence-corrected chi connectivity index (χ0v) is 19.6. The highest BCUT2D eigenvalue weighted by Crippen LogP contribution is 2.71. The fraction of sp³-hybridized carbons (Fsp3) is 0.615. The predicted octanol–water partition coefficient (Wildman–Crippen LogP) is 7.68. The molecule has 2 aliphatic carbocycles. The van der Waals surface area contributed by atoms with Crippen LogP contribution in [0.5, 0.6) is 0 Å². The van der Waals surface area contributed by atoms with Gasteiger partial charge in [0.25, 0.3) is 0 Å². The number of benzene rings is 1. The summed E-state index contributed by atoms with van der Waals surface area (Å²) in [5, 5.41) is 0.858. The number of hydrogen-bond donors (Lipinski definition) is 0. The van der Waals surface area contributed by atoms with Crippen molar-refractivity contribution in [3.05, 3.63) is 54.1 Å². The third-order valence-electron chi connectivity index (χ3n) is 7.87. The smallest absolute Gasteiger partial charge is 0.128 e. The molecule has 0 bridgehead atoms. The normalized spacial score (nSPS) is 32.6. The first kappa shape index (κ1) is 21.6. The second-order valence-electron chi connectivity index (χ2n) is 10.1. The molecule has 0 aliphatic heterocycles. The van der Waals surface area contributed by atoms with Gasteiger partial charge in [0.05, 0.1) is 0 Å². The Balaban J connectivity index is 2.29. The van der Waals surface area contributed by atoms with Crippen LogP contribution in [0.1, 0.15) is 85.1 Å². The van der Waals surface area contributed by atoms with E-state index in [-0.39, 0.29) is 16.2 Å². The van der Waals surface area contributed by atoms with Gasteiger partial charge in [0.15, 0.2) is 0 Å². The van der Waals surface area contributed by atoms with Crippen molar-refractivity contribution in [2.24, 2.45) is 11.3 Å². The largest absolute Gasteiger partial charge is 0.317 e. The van der Waals surface area contributed by atoms with Crippen LogP contribution in [0.4, 0.5) is 0 Å². The summed E-state index contributed by atoms with van der Waals surface area (Å²) in [5.41, 5.74) is 1.65. The van der Waals surface area contributed by atoms with E-state index in [1.165, 1.54) is 24.8 Å².